The van der Waals surface area contributed by atoms with Crippen molar-refractivity contribution in [2.45, 2.75) is 38.0 Å². The summed E-state index contributed by atoms with van der Waals surface area (Å²) in [5.74, 6) is 0. The topological polar surface area (TPSA) is 18.5 Å². The molecular formula is C12H22F3N3. The average Bonchev–Trinajstić information content (AvgIpc) is 2.38. The molecule has 2 rings (SSSR count). The SMILES string of the molecule is CCN1CCCC(N2CCNCC2C(F)(F)F)C1. The summed E-state index contributed by atoms with van der Waals surface area (Å²) in [5, 5.41) is 2.86. The number of hydrogen-bond acceptors (Lipinski definition) is 3. The van der Waals surface area contributed by atoms with Gasteiger partial charge in [-0.15, -0.1) is 0 Å². The Labute approximate surface area is 106 Å². The third-order valence-corrected chi connectivity index (χ3v) is 4.06. The lowest BCUT2D eigenvalue weighted by atomic mass is 10.0. The molecule has 0 spiro atoms. The van der Waals surface area contributed by atoms with Crippen molar-refractivity contribution in [2.24, 2.45) is 0 Å². The minimum absolute atomic E-state index is 0.0339. The monoisotopic (exact) mass is 265 g/mol. The summed E-state index contributed by atoms with van der Waals surface area (Å²) in [5.41, 5.74) is 0. The Hall–Kier alpha value is -0.330. The van der Waals surface area contributed by atoms with Gasteiger partial charge in [-0.1, -0.05) is 6.92 Å². The Morgan fingerprint density at radius 1 is 1.28 bits per heavy atom. The van der Waals surface area contributed by atoms with Crippen LogP contribution >= 0.6 is 0 Å². The third-order valence-electron chi connectivity index (χ3n) is 4.06. The molecule has 0 bridgehead atoms. The zero-order chi connectivity index (χ0) is 13.2. The predicted octanol–water partition coefficient (Wildman–Crippen LogP) is 1.31. The molecule has 0 saturated carbocycles. The molecule has 2 aliphatic heterocycles. The number of piperidine rings is 1. The van der Waals surface area contributed by atoms with Gasteiger partial charge < -0.3 is 10.2 Å². The van der Waals surface area contributed by atoms with Crippen molar-refractivity contribution in [1.82, 2.24) is 15.1 Å². The minimum Gasteiger partial charge on any atom is -0.314 e. The number of rotatable bonds is 2. The lowest BCUT2D eigenvalue weighted by Crippen LogP contribution is -2.63. The van der Waals surface area contributed by atoms with Crippen LogP contribution < -0.4 is 5.32 Å². The van der Waals surface area contributed by atoms with Crippen molar-refractivity contribution in [3.8, 4) is 0 Å². The summed E-state index contributed by atoms with van der Waals surface area (Å²) >= 11 is 0. The van der Waals surface area contributed by atoms with E-state index in [4.69, 9.17) is 0 Å². The molecule has 3 nitrogen and oxygen atoms in total. The Kier molecular flexibility index (Phi) is 4.50. The highest BCUT2D eigenvalue weighted by molar-refractivity contribution is 4.92. The summed E-state index contributed by atoms with van der Waals surface area (Å²) < 4.78 is 39.1. The van der Waals surface area contributed by atoms with Gasteiger partial charge in [0.25, 0.3) is 0 Å². The summed E-state index contributed by atoms with van der Waals surface area (Å²) in [6.45, 7) is 6.01. The zero-order valence-corrected chi connectivity index (χ0v) is 10.8. The Morgan fingerprint density at radius 3 is 2.72 bits per heavy atom. The molecule has 2 saturated heterocycles. The minimum atomic E-state index is -4.12. The number of hydrogen-bond donors (Lipinski definition) is 1. The largest absolute Gasteiger partial charge is 0.405 e. The molecule has 0 aromatic heterocycles. The maximum absolute atomic E-state index is 13.0. The van der Waals surface area contributed by atoms with Crippen molar-refractivity contribution >= 4 is 0 Å². The summed E-state index contributed by atoms with van der Waals surface area (Å²) in [6, 6.07) is -1.25. The van der Waals surface area contributed by atoms with Crippen molar-refractivity contribution in [2.75, 3.05) is 39.3 Å². The molecule has 6 heteroatoms. The summed E-state index contributed by atoms with van der Waals surface area (Å²) in [4.78, 5) is 3.93. The van der Waals surface area contributed by atoms with Gasteiger partial charge in [-0.3, -0.25) is 4.90 Å². The predicted molar refractivity (Wildman–Crippen MR) is 64.6 cm³/mol. The van der Waals surface area contributed by atoms with Crippen LogP contribution in [-0.2, 0) is 0 Å². The fourth-order valence-electron chi connectivity index (χ4n) is 3.05. The normalized spacial score (nSPS) is 32.7. The highest BCUT2D eigenvalue weighted by atomic mass is 19.4. The fraction of sp³-hybridized carbons (Fsp3) is 1.00. The van der Waals surface area contributed by atoms with Crippen LogP contribution in [0.1, 0.15) is 19.8 Å². The number of likely N-dealkylation sites (tertiary alicyclic amines) is 1. The average molecular weight is 265 g/mol. The molecular weight excluding hydrogens is 243 g/mol. The van der Waals surface area contributed by atoms with E-state index in [-0.39, 0.29) is 12.6 Å². The second-order valence-electron chi connectivity index (χ2n) is 5.19. The van der Waals surface area contributed by atoms with Gasteiger partial charge in [0.2, 0.25) is 0 Å². The third kappa shape index (κ3) is 3.16. The zero-order valence-electron chi connectivity index (χ0n) is 10.8. The van der Waals surface area contributed by atoms with Crippen molar-refractivity contribution in [3.63, 3.8) is 0 Å². The number of piperazine rings is 1. The lowest BCUT2D eigenvalue weighted by Gasteiger charge is -2.45. The van der Waals surface area contributed by atoms with Crippen LogP contribution in [0.25, 0.3) is 0 Å². The highest BCUT2D eigenvalue weighted by Gasteiger charge is 2.47. The Balaban J connectivity index is 2.04. The molecule has 0 aromatic rings. The molecule has 2 atom stereocenters. The fourth-order valence-corrected chi connectivity index (χ4v) is 3.05. The standard InChI is InChI=1S/C12H22F3N3/c1-2-17-6-3-4-10(9-17)18-7-5-16-8-11(18)12(13,14)15/h10-11,16H,2-9H2,1H3. The Morgan fingerprint density at radius 2 is 2.06 bits per heavy atom. The second-order valence-corrected chi connectivity index (χ2v) is 5.19. The van der Waals surface area contributed by atoms with E-state index < -0.39 is 12.2 Å². The van der Waals surface area contributed by atoms with E-state index in [2.05, 4.69) is 17.1 Å². The van der Waals surface area contributed by atoms with Crippen LogP contribution in [0.4, 0.5) is 13.2 Å². The van der Waals surface area contributed by atoms with Crippen LogP contribution in [0, 0.1) is 0 Å². The quantitative estimate of drug-likeness (QED) is 0.812. The molecule has 0 amide bonds. The Bertz CT molecular complexity index is 270. The van der Waals surface area contributed by atoms with Gasteiger partial charge in [0.15, 0.2) is 0 Å². The van der Waals surface area contributed by atoms with Gasteiger partial charge in [-0.05, 0) is 25.9 Å². The number of nitrogens with one attached hydrogen (secondary N) is 1. The molecule has 2 unspecified atom stereocenters. The molecule has 18 heavy (non-hydrogen) atoms. The second kappa shape index (κ2) is 5.75. The first-order valence-electron chi connectivity index (χ1n) is 6.78. The first kappa shape index (κ1) is 14.1. The van der Waals surface area contributed by atoms with Gasteiger partial charge in [-0.2, -0.15) is 13.2 Å². The van der Waals surface area contributed by atoms with E-state index >= 15 is 0 Å². The molecule has 2 heterocycles. The van der Waals surface area contributed by atoms with E-state index in [9.17, 15) is 13.2 Å². The molecule has 0 radical (unpaired) electrons. The molecule has 1 N–H and O–H groups in total. The highest BCUT2D eigenvalue weighted by Crippen LogP contribution is 2.29. The molecule has 106 valence electrons. The summed E-state index contributed by atoms with van der Waals surface area (Å²) in [7, 11) is 0. The number of nitrogens with zero attached hydrogens (tertiary/aromatic N) is 2. The summed E-state index contributed by atoms with van der Waals surface area (Å²) in [6.07, 6.45) is -2.22. The van der Waals surface area contributed by atoms with Crippen molar-refractivity contribution < 1.29 is 13.2 Å². The van der Waals surface area contributed by atoms with Gasteiger partial charge in [0.05, 0.1) is 0 Å². The van der Waals surface area contributed by atoms with E-state index in [1.165, 1.54) is 0 Å². The van der Waals surface area contributed by atoms with Crippen molar-refractivity contribution in [3.05, 3.63) is 0 Å². The first-order chi connectivity index (χ1) is 8.52. The molecule has 2 fully saturated rings. The maximum atomic E-state index is 13.0. The van der Waals surface area contributed by atoms with E-state index in [0.29, 0.717) is 13.1 Å². The number of alkyl halides is 3. The lowest BCUT2D eigenvalue weighted by molar-refractivity contribution is -0.195. The van der Waals surface area contributed by atoms with Crippen LogP contribution in [0.3, 0.4) is 0 Å². The molecule has 0 aliphatic carbocycles. The van der Waals surface area contributed by atoms with Crippen LogP contribution in [0.2, 0.25) is 0 Å². The molecule has 2 aliphatic rings. The molecule has 0 aromatic carbocycles. The van der Waals surface area contributed by atoms with Gasteiger partial charge >= 0.3 is 6.18 Å². The van der Waals surface area contributed by atoms with Crippen LogP contribution in [0.15, 0.2) is 0 Å². The maximum Gasteiger partial charge on any atom is 0.405 e. The number of likely N-dealkylation sites (N-methyl/N-ethyl adjacent to an activating group) is 1. The first-order valence-corrected chi connectivity index (χ1v) is 6.78. The number of halogens is 3. The van der Waals surface area contributed by atoms with Crippen molar-refractivity contribution in [1.29, 1.82) is 0 Å². The van der Waals surface area contributed by atoms with Crippen LogP contribution in [-0.4, -0.2) is 67.3 Å². The van der Waals surface area contributed by atoms with E-state index in [1.807, 2.05) is 0 Å². The smallest absolute Gasteiger partial charge is 0.314 e. The van der Waals surface area contributed by atoms with E-state index in [0.717, 1.165) is 32.5 Å². The van der Waals surface area contributed by atoms with E-state index in [1.54, 1.807) is 4.90 Å². The van der Waals surface area contributed by atoms with Gasteiger partial charge in [0, 0.05) is 32.2 Å². The van der Waals surface area contributed by atoms with Crippen LogP contribution in [0.5, 0.6) is 0 Å². The van der Waals surface area contributed by atoms with Gasteiger partial charge in [0.1, 0.15) is 6.04 Å². The van der Waals surface area contributed by atoms with Gasteiger partial charge in [-0.25, -0.2) is 0 Å².